The van der Waals surface area contributed by atoms with E-state index in [2.05, 4.69) is 14.7 Å². The lowest BCUT2D eigenvalue weighted by Gasteiger charge is -2.03. The minimum atomic E-state index is -3.61. The zero-order chi connectivity index (χ0) is 19.2. The van der Waals surface area contributed by atoms with E-state index in [-0.39, 0.29) is 11.3 Å². The summed E-state index contributed by atoms with van der Waals surface area (Å²) >= 11 is 2.48. The van der Waals surface area contributed by atoms with Crippen molar-refractivity contribution in [2.45, 2.75) is 12.1 Å². The minimum Gasteiger partial charge on any atom is -0.383 e. The summed E-state index contributed by atoms with van der Waals surface area (Å²) in [5.41, 5.74) is 0.415. The Bertz CT molecular complexity index is 960. The number of anilines is 1. The van der Waals surface area contributed by atoms with E-state index < -0.39 is 16.0 Å². The van der Waals surface area contributed by atoms with E-state index >= 15 is 0 Å². The van der Waals surface area contributed by atoms with Gasteiger partial charge in [0.1, 0.15) is 17.4 Å². The molecular weight excluding hydrogens is 396 g/mol. The van der Waals surface area contributed by atoms with Gasteiger partial charge in [0.25, 0.3) is 5.91 Å². The predicted octanol–water partition coefficient (Wildman–Crippen LogP) is 2.53. The van der Waals surface area contributed by atoms with Crippen molar-refractivity contribution in [1.82, 2.24) is 9.36 Å². The Kier molecular flexibility index (Phi) is 6.73. The van der Waals surface area contributed by atoms with Crippen LogP contribution in [0.3, 0.4) is 0 Å². The number of hydrogen-bond acceptors (Lipinski definition) is 9. The summed E-state index contributed by atoms with van der Waals surface area (Å²) in [6.45, 7) is 1.96. The number of nitrogens with one attached hydrogen (secondary N) is 1. The van der Waals surface area contributed by atoms with Gasteiger partial charge < -0.3 is 4.18 Å². The Morgan fingerprint density at radius 1 is 1.42 bits per heavy atom. The van der Waals surface area contributed by atoms with Gasteiger partial charge >= 0.3 is 10.1 Å². The Balaban J connectivity index is 2.10. The maximum atomic E-state index is 12.2. The highest BCUT2D eigenvalue weighted by molar-refractivity contribution is 7.99. The summed E-state index contributed by atoms with van der Waals surface area (Å²) in [6, 6.07) is 7.75. The lowest BCUT2D eigenvalue weighted by Crippen LogP contribution is -2.13. The van der Waals surface area contributed by atoms with E-state index in [0.717, 1.165) is 23.5 Å². The summed E-state index contributed by atoms with van der Waals surface area (Å²) in [5, 5.41) is 12.6. The Morgan fingerprint density at radius 3 is 2.69 bits per heavy atom. The first-order valence-corrected chi connectivity index (χ1v) is 10.8. The van der Waals surface area contributed by atoms with Crippen LogP contribution >= 0.6 is 23.3 Å². The molecule has 0 bridgehead atoms. The monoisotopic (exact) mass is 410 g/mol. The number of rotatable bonds is 7. The fraction of sp³-hybridized carbons (Fsp3) is 0.200. The first-order valence-electron chi connectivity index (χ1n) is 7.20. The second-order valence-corrected chi connectivity index (χ2v) is 8.35. The molecular formula is C15H14N4O4S3. The van der Waals surface area contributed by atoms with Crippen molar-refractivity contribution in [2.24, 2.45) is 0 Å². The third-order valence-corrected chi connectivity index (χ3v) is 4.68. The molecule has 1 aromatic heterocycles. The Hall–Kier alpha value is -2.42. The minimum absolute atomic E-state index is 0.123. The molecule has 8 nitrogen and oxygen atoms in total. The van der Waals surface area contributed by atoms with Gasteiger partial charge in [0.15, 0.2) is 0 Å². The number of nitriles is 1. The van der Waals surface area contributed by atoms with Crippen molar-refractivity contribution in [2.75, 3.05) is 17.3 Å². The number of carbonyl (C=O) groups excluding carboxylic acids is 1. The fourth-order valence-electron chi connectivity index (χ4n) is 1.72. The van der Waals surface area contributed by atoms with Crippen LogP contribution in [-0.2, 0) is 14.9 Å². The standard InChI is InChI=1S/C15H14N4O4S3/c1-3-24-15-18-14(25-19-15)17-13(20)11(9-16)8-10-4-6-12(7-5-10)23-26(2,21)22/h4-8H,3H2,1-2H3,(H,17,18,19,20). The van der Waals surface area contributed by atoms with Crippen molar-refractivity contribution in [3.8, 4) is 11.8 Å². The third kappa shape index (κ3) is 6.14. The average Bonchev–Trinajstić information content (AvgIpc) is 3.00. The summed E-state index contributed by atoms with van der Waals surface area (Å²) in [4.78, 5) is 16.3. The smallest absolute Gasteiger partial charge is 0.306 e. The number of benzene rings is 1. The lowest BCUT2D eigenvalue weighted by molar-refractivity contribution is -0.112. The van der Waals surface area contributed by atoms with Crippen LogP contribution in [0.25, 0.3) is 6.08 Å². The van der Waals surface area contributed by atoms with Crippen molar-refractivity contribution < 1.29 is 17.4 Å². The molecule has 0 aliphatic rings. The first-order chi connectivity index (χ1) is 12.3. The van der Waals surface area contributed by atoms with Crippen LogP contribution in [0.5, 0.6) is 5.75 Å². The zero-order valence-electron chi connectivity index (χ0n) is 13.8. The van der Waals surface area contributed by atoms with Crippen LogP contribution < -0.4 is 9.50 Å². The van der Waals surface area contributed by atoms with Crippen LogP contribution in [0.2, 0.25) is 0 Å². The molecule has 0 saturated heterocycles. The van der Waals surface area contributed by atoms with Crippen LogP contribution in [0.15, 0.2) is 35.0 Å². The second kappa shape index (κ2) is 8.79. The van der Waals surface area contributed by atoms with Crippen LogP contribution in [-0.4, -0.2) is 35.7 Å². The molecule has 26 heavy (non-hydrogen) atoms. The van der Waals surface area contributed by atoms with Crippen molar-refractivity contribution in [3.63, 3.8) is 0 Å². The molecule has 11 heteroatoms. The van der Waals surface area contributed by atoms with E-state index in [4.69, 9.17) is 4.18 Å². The SMILES string of the molecule is CCSc1nsc(NC(=O)C(C#N)=Cc2ccc(OS(C)(=O)=O)cc2)n1. The van der Waals surface area contributed by atoms with Gasteiger partial charge in [-0.3, -0.25) is 10.1 Å². The summed E-state index contributed by atoms with van der Waals surface area (Å²) < 4.78 is 31.0. The summed E-state index contributed by atoms with van der Waals surface area (Å²) in [7, 11) is -3.61. The molecule has 0 saturated carbocycles. The number of nitrogens with zero attached hydrogens (tertiary/aromatic N) is 3. The maximum Gasteiger partial charge on any atom is 0.306 e. The van der Waals surface area contributed by atoms with Gasteiger partial charge in [0, 0.05) is 11.5 Å². The highest BCUT2D eigenvalue weighted by Crippen LogP contribution is 2.21. The fourth-order valence-corrected chi connectivity index (χ4v) is 3.45. The highest BCUT2D eigenvalue weighted by Gasteiger charge is 2.13. The molecule has 1 amide bonds. The van der Waals surface area contributed by atoms with E-state index in [1.54, 1.807) is 0 Å². The number of amides is 1. The van der Waals surface area contributed by atoms with Crippen LogP contribution in [0.4, 0.5) is 5.13 Å². The zero-order valence-corrected chi connectivity index (χ0v) is 16.2. The normalized spacial score (nSPS) is 11.7. The van der Waals surface area contributed by atoms with Gasteiger partial charge in [-0.1, -0.05) is 30.8 Å². The summed E-state index contributed by atoms with van der Waals surface area (Å²) in [5.74, 6) is 0.350. The number of carbonyl (C=O) groups is 1. The molecule has 2 aromatic rings. The largest absolute Gasteiger partial charge is 0.383 e. The molecule has 1 N–H and O–H groups in total. The van der Waals surface area contributed by atoms with Gasteiger partial charge in [-0.05, 0) is 29.5 Å². The molecule has 0 spiro atoms. The lowest BCUT2D eigenvalue weighted by atomic mass is 10.1. The molecule has 1 aromatic carbocycles. The van der Waals surface area contributed by atoms with Gasteiger partial charge in [-0.15, -0.1) is 0 Å². The highest BCUT2D eigenvalue weighted by atomic mass is 32.2. The number of aromatic nitrogens is 2. The topological polar surface area (TPSA) is 122 Å². The Labute approximate surface area is 159 Å². The van der Waals surface area contributed by atoms with Gasteiger partial charge in [0.2, 0.25) is 10.3 Å². The molecule has 1 heterocycles. The van der Waals surface area contributed by atoms with E-state index in [1.165, 1.54) is 42.1 Å². The van der Waals surface area contributed by atoms with Crippen molar-refractivity contribution in [3.05, 3.63) is 35.4 Å². The molecule has 0 unspecified atom stereocenters. The molecule has 136 valence electrons. The second-order valence-electron chi connectivity index (χ2n) is 4.80. The molecule has 0 aliphatic carbocycles. The maximum absolute atomic E-state index is 12.2. The average molecular weight is 411 g/mol. The predicted molar refractivity (Wildman–Crippen MR) is 100 cm³/mol. The van der Waals surface area contributed by atoms with Gasteiger partial charge in [-0.2, -0.15) is 23.0 Å². The van der Waals surface area contributed by atoms with Gasteiger partial charge in [0.05, 0.1) is 6.26 Å². The third-order valence-electron chi connectivity index (χ3n) is 2.71. The molecule has 0 radical (unpaired) electrons. The van der Waals surface area contributed by atoms with E-state index in [1.807, 2.05) is 13.0 Å². The first kappa shape index (κ1) is 19.9. The Morgan fingerprint density at radius 2 is 2.12 bits per heavy atom. The molecule has 0 aliphatic heterocycles. The molecule has 2 rings (SSSR count). The van der Waals surface area contributed by atoms with Crippen molar-refractivity contribution >= 4 is 50.5 Å². The van der Waals surface area contributed by atoms with Crippen molar-refractivity contribution in [1.29, 1.82) is 5.26 Å². The van der Waals surface area contributed by atoms with Crippen LogP contribution in [0, 0.1) is 11.3 Å². The van der Waals surface area contributed by atoms with Crippen LogP contribution in [0.1, 0.15) is 12.5 Å². The van der Waals surface area contributed by atoms with Gasteiger partial charge in [-0.25, -0.2) is 0 Å². The number of hydrogen-bond donors (Lipinski definition) is 1. The molecule has 0 atom stereocenters. The number of thioether (sulfide) groups is 1. The molecule has 0 fully saturated rings. The van der Waals surface area contributed by atoms with E-state index in [9.17, 15) is 18.5 Å². The van der Waals surface area contributed by atoms with E-state index in [0.29, 0.717) is 15.9 Å². The quantitative estimate of drug-likeness (QED) is 0.320. The summed E-state index contributed by atoms with van der Waals surface area (Å²) in [6.07, 6.45) is 2.32.